The van der Waals surface area contributed by atoms with Crippen LogP contribution in [0.25, 0.3) is 0 Å². The van der Waals surface area contributed by atoms with Crippen LogP contribution in [-0.4, -0.2) is 10.0 Å². The molecule has 2 aromatic carbocycles. The first-order valence-corrected chi connectivity index (χ1v) is 6.76. The van der Waals surface area contributed by atoms with Gasteiger partial charge in [0.1, 0.15) is 18.2 Å². The molecule has 0 saturated carbocycles. The number of nitro groups is 1. The Labute approximate surface area is 128 Å². The molecule has 0 radical (unpaired) electrons. The fourth-order valence-corrected chi connectivity index (χ4v) is 2.14. The van der Waals surface area contributed by atoms with Crippen molar-refractivity contribution in [1.29, 1.82) is 0 Å². The number of hydrogen-bond acceptors (Lipinski definition) is 4. The number of rotatable bonds is 5. The van der Waals surface area contributed by atoms with Crippen LogP contribution in [0.15, 0.2) is 40.9 Å². The first-order valence-electron chi connectivity index (χ1n) is 5.96. The summed E-state index contributed by atoms with van der Waals surface area (Å²) in [5.41, 5.74) is 0.771. The second-order valence-corrected chi connectivity index (χ2v) is 5.00. The van der Waals surface area contributed by atoms with Crippen molar-refractivity contribution in [2.45, 2.75) is 13.2 Å². The number of non-ortho nitro benzene ring substituents is 1. The van der Waals surface area contributed by atoms with Gasteiger partial charge in [0.25, 0.3) is 5.69 Å². The highest BCUT2D eigenvalue weighted by atomic mass is 79.9. The van der Waals surface area contributed by atoms with E-state index in [0.717, 1.165) is 0 Å². The summed E-state index contributed by atoms with van der Waals surface area (Å²) in [4.78, 5) is 10.1. The lowest BCUT2D eigenvalue weighted by Gasteiger charge is -2.11. The Hall–Kier alpha value is -1.99. The van der Waals surface area contributed by atoms with Crippen LogP contribution < -0.4 is 4.74 Å². The monoisotopic (exact) mass is 355 g/mol. The summed E-state index contributed by atoms with van der Waals surface area (Å²) in [6.45, 7) is -0.315. The minimum absolute atomic E-state index is 0.0726. The first-order chi connectivity index (χ1) is 10.0. The maximum absolute atomic E-state index is 13.4. The highest BCUT2D eigenvalue weighted by Gasteiger charge is 2.12. The van der Waals surface area contributed by atoms with Gasteiger partial charge < -0.3 is 9.84 Å². The molecular weight excluding hydrogens is 345 g/mol. The number of halogens is 2. The van der Waals surface area contributed by atoms with Crippen molar-refractivity contribution in [1.82, 2.24) is 0 Å². The summed E-state index contributed by atoms with van der Waals surface area (Å²) in [7, 11) is 0. The number of nitro benzene ring substituents is 1. The fraction of sp³-hybridized carbons (Fsp3) is 0.143. The number of ether oxygens (including phenoxy) is 1. The fourth-order valence-electron chi connectivity index (χ4n) is 1.76. The molecule has 110 valence electrons. The van der Waals surface area contributed by atoms with Gasteiger partial charge in [-0.25, -0.2) is 4.39 Å². The third kappa shape index (κ3) is 3.56. The summed E-state index contributed by atoms with van der Waals surface area (Å²) in [5, 5.41) is 19.9. The topological polar surface area (TPSA) is 72.6 Å². The molecule has 2 rings (SSSR count). The van der Waals surface area contributed by atoms with Gasteiger partial charge in [-0.3, -0.25) is 10.1 Å². The van der Waals surface area contributed by atoms with Crippen molar-refractivity contribution in [2.75, 3.05) is 0 Å². The van der Waals surface area contributed by atoms with Gasteiger partial charge >= 0.3 is 0 Å². The van der Waals surface area contributed by atoms with Gasteiger partial charge in [-0.05, 0) is 28.1 Å². The van der Waals surface area contributed by atoms with E-state index >= 15 is 0 Å². The molecule has 0 heterocycles. The van der Waals surface area contributed by atoms with E-state index < -0.39 is 10.7 Å². The predicted molar refractivity (Wildman–Crippen MR) is 77.5 cm³/mol. The molecule has 21 heavy (non-hydrogen) atoms. The molecule has 0 amide bonds. The Morgan fingerprint density at radius 1 is 1.29 bits per heavy atom. The second kappa shape index (κ2) is 6.64. The summed E-state index contributed by atoms with van der Waals surface area (Å²) in [5.74, 6) is -0.0820. The predicted octanol–water partition coefficient (Wildman–Crippen LogP) is 3.57. The van der Waals surface area contributed by atoms with E-state index in [2.05, 4.69) is 15.9 Å². The van der Waals surface area contributed by atoms with E-state index in [0.29, 0.717) is 21.3 Å². The second-order valence-electron chi connectivity index (χ2n) is 4.21. The van der Waals surface area contributed by atoms with Gasteiger partial charge in [0.2, 0.25) is 0 Å². The van der Waals surface area contributed by atoms with Crippen molar-refractivity contribution >= 4 is 21.6 Å². The molecule has 2 aromatic rings. The molecule has 0 atom stereocenters. The lowest BCUT2D eigenvalue weighted by atomic mass is 10.2. The normalized spacial score (nSPS) is 10.4. The van der Waals surface area contributed by atoms with Crippen molar-refractivity contribution in [3.8, 4) is 5.75 Å². The smallest absolute Gasteiger partial charge is 0.270 e. The van der Waals surface area contributed by atoms with Gasteiger partial charge in [-0.2, -0.15) is 0 Å². The molecule has 0 aliphatic rings. The molecule has 0 aromatic heterocycles. The zero-order valence-electron chi connectivity index (χ0n) is 10.8. The SMILES string of the molecule is O=[N+]([O-])c1ccc(OCc2cccc(F)c2Br)c(CO)c1. The Morgan fingerprint density at radius 3 is 2.71 bits per heavy atom. The Bertz CT molecular complexity index is 678. The molecule has 5 nitrogen and oxygen atoms in total. The summed E-state index contributed by atoms with van der Waals surface area (Å²) in [6.07, 6.45) is 0. The molecule has 0 unspecified atom stereocenters. The lowest BCUT2D eigenvalue weighted by molar-refractivity contribution is -0.385. The largest absolute Gasteiger partial charge is 0.488 e. The van der Waals surface area contributed by atoms with E-state index in [1.807, 2.05) is 0 Å². The van der Waals surface area contributed by atoms with Crippen LogP contribution in [0.1, 0.15) is 11.1 Å². The Kier molecular flexibility index (Phi) is 4.87. The minimum Gasteiger partial charge on any atom is -0.488 e. The van der Waals surface area contributed by atoms with Crippen LogP contribution in [0.3, 0.4) is 0 Å². The zero-order valence-corrected chi connectivity index (χ0v) is 12.3. The van der Waals surface area contributed by atoms with Crippen molar-refractivity contribution in [2.24, 2.45) is 0 Å². The molecule has 0 bridgehead atoms. The van der Waals surface area contributed by atoms with Crippen LogP contribution in [-0.2, 0) is 13.2 Å². The Morgan fingerprint density at radius 2 is 2.05 bits per heavy atom. The molecule has 7 heteroatoms. The van der Waals surface area contributed by atoms with Crippen LogP contribution in [0.5, 0.6) is 5.75 Å². The van der Waals surface area contributed by atoms with E-state index in [4.69, 9.17) is 4.74 Å². The van der Waals surface area contributed by atoms with Crippen LogP contribution in [0.4, 0.5) is 10.1 Å². The number of aliphatic hydroxyl groups is 1. The van der Waals surface area contributed by atoms with Crippen LogP contribution in [0.2, 0.25) is 0 Å². The number of nitrogens with zero attached hydrogens (tertiary/aromatic N) is 1. The molecule has 0 fully saturated rings. The summed E-state index contributed by atoms with van der Waals surface area (Å²) in [6, 6.07) is 8.51. The van der Waals surface area contributed by atoms with Gasteiger partial charge in [0.15, 0.2) is 0 Å². The summed E-state index contributed by atoms with van der Waals surface area (Å²) >= 11 is 3.13. The van der Waals surface area contributed by atoms with Gasteiger partial charge in [0, 0.05) is 23.3 Å². The number of aliphatic hydroxyl groups excluding tert-OH is 1. The molecule has 0 aliphatic carbocycles. The highest BCUT2D eigenvalue weighted by Crippen LogP contribution is 2.27. The van der Waals surface area contributed by atoms with Crippen molar-refractivity contribution < 1.29 is 19.2 Å². The Balaban J connectivity index is 2.20. The molecule has 0 aliphatic heterocycles. The van der Waals surface area contributed by atoms with E-state index in [-0.39, 0.29) is 18.9 Å². The third-order valence-electron chi connectivity index (χ3n) is 2.84. The maximum Gasteiger partial charge on any atom is 0.270 e. The number of benzene rings is 2. The molecule has 1 N–H and O–H groups in total. The maximum atomic E-state index is 13.4. The van der Waals surface area contributed by atoms with E-state index in [1.54, 1.807) is 12.1 Å². The van der Waals surface area contributed by atoms with Crippen LogP contribution >= 0.6 is 15.9 Å². The molecule has 0 spiro atoms. The van der Waals surface area contributed by atoms with Gasteiger partial charge in [-0.1, -0.05) is 12.1 Å². The first kappa shape index (κ1) is 15.4. The average molecular weight is 356 g/mol. The zero-order chi connectivity index (χ0) is 15.4. The third-order valence-corrected chi connectivity index (χ3v) is 3.73. The summed E-state index contributed by atoms with van der Waals surface area (Å²) < 4.78 is 19.2. The average Bonchev–Trinajstić information content (AvgIpc) is 2.48. The minimum atomic E-state index is -0.550. The van der Waals surface area contributed by atoms with Crippen LogP contribution in [0, 0.1) is 15.9 Å². The van der Waals surface area contributed by atoms with Gasteiger partial charge in [0.05, 0.1) is 16.0 Å². The van der Waals surface area contributed by atoms with Crippen molar-refractivity contribution in [3.05, 3.63) is 67.9 Å². The quantitative estimate of drug-likeness (QED) is 0.657. The van der Waals surface area contributed by atoms with E-state index in [1.165, 1.54) is 24.3 Å². The molecule has 0 saturated heterocycles. The van der Waals surface area contributed by atoms with Gasteiger partial charge in [-0.15, -0.1) is 0 Å². The number of hydrogen-bond donors (Lipinski definition) is 1. The molecular formula is C14H11BrFNO4. The highest BCUT2D eigenvalue weighted by molar-refractivity contribution is 9.10. The van der Waals surface area contributed by atoms with E-state index in [9.17, 15) is 19.6 Å². The standard InChI is InChI=1S/C14H11BrFNO4/c15-14-9(2-1-3-12(14)16)8-21-13-5-4-11(17(19)20)6-10(13)7-18/h1-6,18H,7-8H2. The lowest BCUT2D eigenvalue weighted by Crippen LogP contribution is -2.01. The van der Waals surface area contributed by atoms with Crippen molar-refractivity contribution in [3.63, 3.8) is 0 Å².